The lowest BCUT2D eigenvalue weighted by Crippen LogP contribution is -1.94. The summed E-state index contributed by atoms with van der Waals surface area (Å²) >= 11 is 1.96. The Morgan fingerprint density at radius 3 is 1.15 bits per heavy atom. The summed E-state index contributed by atoms with van der Waals surface area (Å²) < 4.78 is 7.68. The normalized spacial score (nSPS) is 12.7. The second kappa shape index (κ2) is 10.7. The van der Waals surface area contributed by atoms with E-state index < -0.39 is 0 Å². The predicted octanol–water partition coefficient (Wildman–Crippen LogP) is 15.8. The first-order valence-corrected chi connectivity index (χ1v) is 21.2. The fourth-order valence-corrected chi connectivity index (χ4v) is 12.6. The van der Waals surface area contributed by atoms with Crippen LogP contribution in [0.4, 0.5) is 0 Å². The Labute approximate surface area is 342 Å². The van der Waals surface area contributed by atoms with Gasteiger partial charge in [-0.2, -0.15) is 0 Å². The van der Waals surface area contributed by atoms with Crippen molar-refractivity contribution in [3.8, 4) is 55.9 Å². The number of hydrogen-bond acceptors (Lipinski definition) is 1. The molecule has 0 spiro atoms. The third-order valence-electron chi connectivity index (χ3n) is 13.6. The maximum absolute atomic E-state index is 2.49. The van der Waals surface area contributed by atoms with Crippen LogP contribution in [0.1, 0.15) is 0 Å². The molecule has 3 heteroatoms. The molecule has 0 fully saturated rings. The van der Waals surface area contributed by atoms with Crippen LogP contribution < -0.4 is 0 Å². The van der Waals surface area contributed by atoms with Gasteiger partial charge in [-0.25, -0.2) is 0 Å². The van der Waals surface area contributed by atoms with Crippen molar-refractivity contribution < 1.29 is 0 Å². The van der Waals surface area contributed by atoms with Gasteiger partial charge < -0.3 is 9.13 Å². The number of hydrogen-bond donors (Lipinski definition) is 0. The molecule has 0 N–H and O–H groups in total. The molecule has 0 radical (unpaired) electrons. The van der Waals surface area contributed by atoms with E-state index in [-0.39, 0.29) is 0 Å². The molecular weight excluding hydrogens is 733 g/mol. The molecule has 10 aromatic carbocycles. The summed E-state index contributed by atoms with van der Waals surface area (Å²) in [6.07, 6.45) is 0. The lowest BCUT2D eigenvalue weighted by atomic mass is 10.0. The zero-order chi connectivity index (χ0) is 38.1. The van der Waals surface area contributed by atoms with Gasteiger partial charge in [0.15, 0.2) is 0 Å². The number of thiophene rings is 1. The summed E-state index contributed by atoms with van der Waals surface area (Å²) in [5, 5.41) is 13.2. The quantitative estimate of drug-likeness (QED) is 0.166. The Bertz CT molecular complexity index is 3800. The second-order valence-electron chi connectivity index (χ2n) is 16.4. The molecular formula is C56H30N2S. The fraction of sp³-hybridized carbons (Fsp3) is 0. The van der Waals surface area contributed by atoms with E-state index in [1.54, 1.807) is 0 Å². The van der Waals surface area contributed by atoms with Crippen LogP contribution in [0.3, 0.4) is 0 Å². The molecule has 0 bridgehead atoms. The lowest BCUT2D eigenvalue weighted by molar-refractivity contribution is 1.18. The van der Waals surface area contributed by atoms with Crippen molar-refractivity contribution in [3.63, 3.8) is 0 Å². The zero-order valence-electron chi connectivity index (χ0n) is 31.6. The van der Waals surface area contributed by atoms with Gasteiger partial charge in [0, 0.05) is 53.1 Å². The minimum absolute atomic E-state index is 1.19. The minimum Gasteiger partial charge on any atom is -0.309 e. The first-order chi connectivity index (χ1) is 29.3. The number of nitrogens with zero attached hydrogens (tertiary/aromatic N) is 2. The Balaban J connectivity index is 0.974. The van der Waals surface area contributed by atoms with Gasteiger partial charge in [-0.05, 0) is 115 Å². The maximum atomic E-state index is 2.49. The molecule has 0 saturated heterocycles. The van der Waals surface area contributed by atoms with Crippen molar-refractivity contribution in [1.82, 2.24) is 9.13 Å². The first-order valence-electron chi connectivity index (χ1n) is 20.4. The van der Waals surface area contributed by atoms with Gasteiger partial charge in [-0.15, -0.1) is 11.3 Å². The smallest absolute Gasteiger partial charge is 0.0555 e. The van der Waals surface area contributed by atoms with Crippen LogP contribution >= 0.6 is 11.3 Å². The van der Waals surface area contributed by atoms with E-state index in [4.69, 9.17) is 0 Å². The Morgan fingerprint density at radius 1 is 0.271 bits per heavy atom. The lowest BCUT2D eigenvalue weighted by Gasteiger charge is -2.11. The summed E-state index contributed by atoms with van der Waals surface area (Å²) in [5.74, 6) is 0. The SMILES string of the molecule is c1cc2c3c(cccc3c1)-c1cc(-n3c4ccccc4c4c5sc6c(ccc7c6c6ccccc6n7-c6ccc7c(c6)-c6cccc8cccc-7c68)c5ccc43)ccc1-2. The van der Waals surface area contributed by atoms with Gasteiger partial charge in [0.1, 0.15) is 0 Å². The van der Waals surface area contributed by atoms with E-state index >= 15 is 0 Å². The molecule has 2 aliphatic rings. The summed E-state index contributed by atoms with van der Waals surface area (Å²) in [7, 11) is 0. The van der Waals surface area contributed by atoms with Gasteiger partial charge in [-0.3, -0.25) is 0 Å². The minimum atomic E-state index is 1.19. The summed E-state index contributed by atoms with van der Waals surface area (Å²) in [4.78, 5) is 0. The van der Waals surface area contributed by atoms with Crippen molar-refractivity contribution in [2.45, 2.75) is 0 Å². The second-order valence-corrected chi connectivity index (χ2v) is 17.4. The summed E-state index contributed by atoms with van der Waals surface area (Å²) in [5.41, 5.74) is 17.9. The predicted molar refractivity (Wildman–Crippen MR) is 252 cm³/mol. The molecule has 3 heterocycles. The third kappa shape index (κ3) is 3.74. The van der Waals surface area contributed by atoms with E-state index in [0.29, 0.717) is 0 Å². The molecule has 0 aliphatic heterocycles. The number of aromatic nitrogens is 2. The van der Waals surface area contributed by atoms with E-state index in [1.807, 2.05) is 11.3 Å². The van der Waals surface area contributed by atoms with Crippen molar-refractivity contribution in [2.75, 3.05) is 0 Å². The van der Waals surface area contributed by atoms with E-state index in [1.165, 1.54) is 141 Å². The maximum Gasteiger partial charge on any atom is 0.0555 e. The fourth-order valence-electron chi connectivity index (χ4n) is 11.2. The monoisotopic (exact) mass is 762 g/mol. The summed E-state index contributed by atoms with van der Waals surface area (Å²) in [6, 6.07) is 68.4. The average Bonchev–Trinajstić information content (AvgIpc) is 4.08. The van der Waals surface area contributed by atoms with E-state index in [0.717, 1.165) is 0 Å². The van der Waals surface area contributed by atoms with Crippen molar-refractivity contribution in [3.05, 3.63) is 182 Å². The van der Waals surface area contributed by atoms with Crippen LogP contribution in [0.5, 0.6) is 0 Å². The van der Waals surface area contributed by atoms with Crippen LogP contribution in [-0.2, 0) is 0 Å². The molecule has 13 aromatic rings. The zero-order valence-corrected chi connectivity index (χ0v) is 32.4. The van der Waals surface area contributed by atoms with Crippen molar-refractivity contribution in [1.29, 1.82) is 0 Å². The van der Waals surface area contributed by atoms with Gasteiger partial charge in [0.2, 0.25) is 0 Å². The number of rotatable bonds is 2. The highest BCUT2D eigenvalue weighted by Crippen LogP contribution is 2.52. The molecule has 2 nitrogen and oxygen atoms in total. The van der Waals surface area contributed by atoms with Crippen LogP contribution in [-0.4, -0.2) is 9.13 Å². The Kier molecular flexibility index (Phi) is 5.57. The highest BCUT2D eigenvalue weighted by molar-refractivity contribution is 7.27. The van der Waals surface area contributed by atoms with Gasteiger partial charge >= 0.3 is 0 Å². The molecule has 0 amide bonds. The summed E-state index contributed by atoms with van der Waals surface area (Å²) in [6.45, 7) is 0. The topological polar surface area (TPSA) is 9.86 Å². The Morgan fingerprint density at radius 2 is 0.695 bits per heavy atom. The molecule has 270 valence electrons. The number of benzene rings is 10. The number of para-hydroxylation sites is 2. The highest BCUT2D eigenvalue weighted by Gasteiger charge is 2.26. The van der Waals surface area contributed by atoms with Gasteiger partial charge in [0.25, 0.3) is 0 Å². The Hall–Kier alpha value is -7.46. The third-order valence-corrected chi connectivity index (χ3v) is 14.8. The average molecular weight is 763 g/mol. The molecule has 3 aromatic heterocycles. The molecule has 0 saturated carbocycles. The van der Waals surface area contributed by atoms with Crippen molar-refractivity contribution in [2.24, 2.45) is 0 Å². The molecule has 2 aliphatic carbocycles. The first kappa shape index (κ1) is 30.6. The number of fused-ring (bicyclic) bond motifs is 17. The molecule has 15 rings (SSSR count). The highest BCUT2D eigenvalue weighted by atomic mass is 32.1. The van der Waals surface area contributed by atoms with E-state index in [9.17, 15) is 0 Å². The molecule has 0 unspecified atom stereocenters. The van der Waals surface area contributed by atoms with Crippen LogP contribution in [0, 0.1) is 0 Å². The van der Waals surface area contributed by atoms with E-state index in [2.05, 4.69) is 191 Å². The van der Waals surface area contributed by atoms with Gasteiger partial charge in [-0.1, -0.05) is 133 Å². The van der Waals surface area contributed by atoms with Crippen molar-refractivity contribution >= 4 is 96.7 Å². The molecule has 59 heavy (non-hydrogen) atoms. The van der Waals surface area contributed by atoms with Crippen LogP contribution in [0.25, 0.3) is 141 Å². The standard InChI is InChI=1S/C56H30N2S/c1-3-19-47-43(13-1)53-49(57(47)33-21-23-35-37-15-5-9-31-11-7-17-39(51(31)37)45(35)29-33)27-25-41-42-26-28-50-54(56(42)59-55(41)53)44-14-2-4-20-48(44)58(50)34-22-24-36-38-16-6-10-32-12-8-18-40(52(32)38)46(36)30-34/h1-30H. The molecule has 0 atom stereocenters. The van der Waals surface area contributed by atoms with Gasteiger partial charge in [0.05, 0.1) is 22.1 Å². The largest absolute Gasteiger partial charge is 0.309 e. The van der Waals surface area contributed by atoms with Crippen LogP contribution in [0.2, 0.25) is 0 Å². The van der Waals surface area contributed by atoms with Crippen LogP contribution in [0.15, 0.2) is 182 Å².